The number of terminal acetylenes is 1. The van der Waals surface area contributed by atoms with E-state index in [4.69, 9.17) is 53.3 Å². The summed E-state index contributed by atoms with van der Waals surface area (Å²) in [5, 5.41) is 28.0. The number of unbranched alkanes of at least 4 members (excludes halogenated alkanes) is 10. The molecule has 0 aliphatic heterocycles. The maximum atomic E-state index is 10.6. The summed E-state index contributed by atoms with van der Waals surface area (Å²) in [6, 6.07) is 0. The molecule has 288 valence electrons. The lowest BCUT2D eigenvalue weighted by atomic mass is 10.1. The van der Waals surface area contributed by atoms with Crippen LogP contribution in [-0.4, -0.2) is 96.4 Å². The summed E-state index contributed by atoms with van der Waals surface area (Å²) in [6.45, 7) is 4.26. The highest BCUT2D eigenvalue weighted by Crippen LogP contribution is 2.14. The van der Waals surface area contributed by atoms with Crippen LogP contribution >= 0.6 is 0 Å². The van der Waals surface area contributed by atoms with Gasteiger partial charge in [-0.15, -0.1) is 6.42 Å². The van der Waals surface area contributed by atoms with E-state index in [-0.39, 0.29) is 5.96 Å². The number of alkyl halides is 9. The molecular weight excluding hydrogens is 689 g/mol. The average Bonchev–Trinajstić information content (AvgIpc) is 2.96. The van der Waals surface area contributed by atoms with Crippen LogP contribution in [0, 0.1) is 12.3 Å². The van der Waals surface area contributed by atoms with E-state index in [1.165, 1.54) is 64.2 Å². The number of hydrogen-bond acceptors (Lipinski definition) is 6. The van der Waals surface area contributed by atoms with Crippen LogP contribution in [0.25, 0.3) is 0 Å². The summed E-state index contributed by atoms with van der Waals surface area (Å²) in [5.74, 6) is -5.18. The maximum absolute atomic E-state index is 10.6. The molecule has 0 heterocycles. The van der Waals surface area contributed by atoms with Gasteiger partial charge in [-0.25, -0.2) is 19.4 Å². The summed E-state index contributed by atoms with van der Waals surface area (Å²) in [4.78, 5) is 34.7. The van der Waals surface area contributed by atoms with Gasteiger partial charge in [0.1, 0.15) is 6.54 Å². The molecule has 0 radical (unpaired) electrons. The van der Waals surface area contributed by atoms with Gasteiger partial charge in [-0.05, 0) is 38.8 Å². The zero-order valence-corrected chi connectivity index (χ0v) is 26.7. The van der Waals surface area contributed by atoms with Crippen LogP contribution in [0.5, 0.6) is 0 Å². The summed E-state index contributed by atoms with van der Waals surface area (Å²) in [6.07, 6.45) is 4.87. The second kappa shape index (κ2) is 31.1. The number of halogens is 9. The van der Waals surface area contributed by atoms with Gasteiger partial charge in [-0.3, -0.25) is 4.99 Å². The molecular formula is C27H46F9N7O6. The largest absolute Gasteiger partial charge is 0.490 e. The van der Waals surface area contributed by atoms with Crippen LogP contribution in [0.1, 0.15) is 77.0 Å². The lowest BCUT2D eigenvalue weighted by molar-refractivity contribution is -0.193. The number of nitrogens with two attached hydrogens (primary N) is 3. The number of carbonyl (C=O) groups is 3. The van der Waals surface area contributed by atoms with Gasteiger partial charge >= 0.3 is 36.4 Å². The van der Waals surface area contributed by atoms with Crippen LogP contribution in [0.15, 0.2) is 9.98 Å². The van der Waals surface area contributed by atoms with E-state index in [1.807, 2.05) is 0 Å². The summed E-state index contributed by atoms with van der Waals surface area (Å²) in [7, 11) is 0. The van der Waals surface area contributed by atoms with Crippen molar-refractivity contribution in [3.05, 3.63) is 0 Å². The lowest BCUT2D eigenvalue weighted by Crippen LogP contribution is -2.32. The van der Waals surface area contributed by atoms with Gasteiger partial charge < -0.3 is 43.2 Å². The first-order chi connectivity index (χ1) is 22.5. The highest BCUT2D eigenvalue weighted by molar-refractivity contribution is 5.78. The Morgan fingerprint density at radius 1 is 0.571 bits per heavy atom. The number of aliphatic imine (C=N–C) groups is 2. The van der Waals surface area contributed by atoms with Crippen molar-refractivity contribution in [3.8, 4) is 12.3 Å². The lowest BCUT2D eigenvalue weighted by Gasteiger charge is -2.06. The molecule has 0 fully saturated rings. The minimum atomic E-state index is -5.08. The van der Waals surface area contributed by atoms with Gasteiger partial charge in [-0.2, -0.15) is 39.5 Å². The number of nitrogens with zero attached hydrogens (tertiary/aromatic N) is 2. The van der Waals surface area contributed by atoms with Gasteiger partial charge in [0.2, 0.25) is 0 Å². The van der Waals surface area contributed by atoms with Crippen LogP contribution < -0.4 is 27.8 Å². The van der Waals surface area contributed by atoms with Crippen molar-refractivity contribution in [3.63, 3.8) is 0 Å². The molecule has 0 aliphatic carbocycles. The minimum Gasteiger partial charge on any atom is -0.475 e. The van der Waals surface area contributed by atoms with Crippen LogP contribution in [0.3, 0.4) is 0 Å². The van der Waals surface area contributed by atoms with Gasteiger partial charge in [0, 0.05) is 13.1 Å². The molecule has 0 unspecified atom stereocenters. The normalized spacial score (nSPS) is 11.2. The summed E-state index contributed by atoms with van der Waals surface area (Å²) < 4.78 is 95.2. The molecule has 13 nitrogen and oxygen atoms in total. The first-order valence-electron chi connectivity index (χ1n) is 14.6. The maximum Gasteiger partial charge on any atom is 0.490 e. The number of rotatable bonds is 19. The molecule has 0 aromatic heterocycles. The molecule has 0 bridgehead atoms. The van der Waals surface area contributed by atoms with Gasteiger partial charge in [0.15, 0.2) is 11.9 Å². The molecule has 0 saturated carbocycles. The van der Waals surface area contributed by atoms with E-state index in [0.717, 1.165) is 39.0 Å². The van der Waals surface area contributed by atoms with E-state index in [9.17, 15) is 39.5 Å². The quantitative estimate of drug-likeness (QED) is 0.0311. The topological polar surface area (TPSA) is 239 Å². The van der Waals surface area contributed by atoms with Crippen LogP contribution in [0.2, 0.25) is 0 Å². The first-order valence-corrected chi connectivity index (χ1v) is 14.6. The van der Waals surface area contributed by atoms with E-state index < -0.39 is 36.4 Å². The third-order valence-corrected chi connectivity index (χ3v) is 5.21. The number of nitrogens with one attached hydrogen (secondary N) is 2. The van der Waals surface area contributed by atoms with Crippen LogP contribution in [-0.2, 0) is 14.4 Å². The molecule has 0 spiro atoms. The highest BCUT2D eigenvalue weighted by Gasteiger charge is 2.39. The minimum absolute atomic E-state index is 0.201. The fourth-order valence-corrected chi connectivity index (χ4v) is 2.89. The van der Waals surface area contributed by atoms with Crippen molar-refractivity contribution in [2.45, 2.75) is 95.6 Å². The average molecular weight is 736 g/mol. The Hall–Kier alpha value is -4.16. The fraction of sp³-hybridized carbons (Fsp3) is 0.741. The van der Waals surface area contributed by atoms with Crippen molar-refractivity contribution >= 4 is 29.8 Å². The van der Waals surface area contributed by atoms with Gasteiger partial charge in [-0.1, -0.05) is 57.3 Å². The van der Waals surface area contributed by atoms with Gasteiger partial charge in [0.25, 0.3) is 0 Å². The molecule has 0 aliphatic rings. The second-order valence-electron chi connectivity index (χ2n) is 9.54. The highest BCUT2D eigenvalue weighted by atomic mass is 19.4. The summed E-state index contributed by atoms with van der Waals surface area (Å²) >= 11 is 0. The Bertz CT molecular complexity index is 925. The number of carboxylic acids is 3. The zero-order chi connectivity index (χ0) is 38.9. The molecule has 0 aromatic carbocycles. The Kier molecular flexibility index (Phi) is 32.8. The SMILES string of the molecule is C#CCN=C(N)NCCCCCCCCNCCCCCCCCN=C(N)N.O=C(O)C(F)(F)F.O=C(O)C(F)(F)F.O=C(O)C(F)(F)F. The third-order valence-electron chi connectivity index (χ3n) is 5.21. The van der Waals surface area contributed by atoms with Crippen molar-refractivity contribution in [1.29, 1.82) is 0 Å². The zero-order valence-electron chi connectivity index (χ0n) is 26.7. The van der Waals surface area contributed by atoms with Crippen molar-refractivity contribution in [2.75, 3.05) is 32.7 Å². The van der Waals surface area contributed by atoms with E-state index in [2.05, 4.69) is 26.5 Å². The molecule has 22 heteroatoms. The van der Waals surface area contributed by atoms with Gasteiger partial charge in [0.05, 0.1) is 0 Å². The Morgan fingerprint density at radius 2 is 0.878 bits per heavy atom. The Labute approximate surface area is 278 Å². The third kappa shape index (κ3) is 48.4. The van der Waals surface area contributed by atoms with E-state index >= 15 is 0 Å². The monoisotopic (exact) mass is 735 g/mol. The predicted molar refractivity (Wildman–Crippen MR) is 163 cm³/mol. The Morgan fingerprint density at radius 3 is 1.18 bits per heavy atom. The summed E-state index contributed by atoms with van der Waals surface area (Å²) in [5.41, 5.74) is 16.2. The van der Waals surface area contributed by atoms with Crippen LogP contribution in [0.4, 0.5) is 39.5 Å². The predicted octanol–water partition coefficient (Wildman–Crippen LogP) is 3.97. The number of guanidine groups is 2. The molecule has 49 heavy (non-hydrogen) atoms. The number of carboxylic acid groups (broad SMARTS) is 3. The standard InChI is InChI=1S/C21H43N7.3C2HF3O2/c1-2-15-27-21(24)28-19-14-10-6-4-8-12-17-25-16-11-7-3-5-9-13-18-26-20(22)23;3*3-2(4,5)1(6)7/h1,25H,3-19H2,(H4,22,23,26)(H3,24,27,28);3*(H,6,7). The van der Waals surface area contributed by atoms with E-state index in [0.29, 0.717) is 12.5 Å². The molecule has 0 aromatic rings. The fourth-order valence-electron chi connectivity index (χ4n) is 2.89. The van der Waals surface area contributed by atoms with Crippen molar-refractivity contribution in [1.82, 2.24) is 10.6 Å². The molecule has 0 atom stereocenters. The second-order valence-corrected chi connectivity index (χ2v) is 9.54. The van der Waals surface area contributed by atoms with Crippen molar-refractivity contribution in [2.24, 2.45) is 27.2 Å². The smallest absolute Gasteiger partial charge is 0.475 e. The van der Waals surface area contributed by atoms with Crippen molar-refractivity contribution < 1.29 is 69.2 Å². The molecule has 0 rings (SSSR count). The number of hydrogen-bond donors (Lipinski definition) is 8. The first kappa shape index (κ1) is 51.7. The molecule has 0 saturated heterocycles. The van der Waals surface area contributed by atoms with E-state index in [1.54, 1.807) is 0 Å². The Balaban J connectivity index is -0.000000386. The number of aliphatic carboxylic acids is 3. The molecule has 11 N–H and O–H groups in total. The molecule has 0 amide bonds.